The van der Waals surface area contributed by atoms with Gasteiger partial charge in [-0.25, -0.2) is 0 Å². The van der Waals surface area contributed by atoms with Crippen LogP contribution < -0.4 is 5.32 Å². The topological polar surface area (TPSA) is 41.6 Å². The number of likely N-dealkylation sites (N-methyl/N-ethyl adjacent to an activating group) is 1. The van der Waals surface area contributed by atoms with Crippen LogP contribution in [0.4, 0.5) is 0 Å². The average molecular weight is 249 g/mol. The van der Waals surface area contributed by atoms with Crippen molar-refractivity contribution in [2.24, 2.45) is 5.92 Å². The van der Waals surface area contributed by atoms with Gasteiger partial charge < -0.3 is 15.0 Å². The first-order valence-electron chi connectivity index (χ1n) is 5.84. The molecule has 0 aromatic rings. The van der Waals surface area contributed by atoms with Gasteiger partial charge in [0.05, 0.1) is 12.0 Å². The highest BCUT2D eigenvalue weighted by molar-refractivity contribution is 5.85. The maximum Gasteiger partial charge on any atom is 0.228 e. The molecular weight excluding hydrogens is 228 g/mol. The third-order valence-electron chi connectivity index (χ3n) is 3.26. The van der Waals surface area contributed by atoms with Crippen LogP contribution in [-0.4, -0.2) is 50.2 Å². The molecule has 5 heteroatoms. The standard InChI is InChI=1S/C11H20N2O2.ClH/c1-13(11(14)9-6-12-7-9)8-10-4-2-3-5-15-10;/h9-10,12H,2-8H2,1H3;1H. The normalized spacial score (nSPS) is 25.4. The van der Waals surface area contributed by atoms with E-state index in [4.69, 9.17) is 4.74 Å². The first-order valence-corrected chi connectivity index (χ1v) is 5.84. The molecule has 0 saturated carbocycles. The maximum atomic E-state index is 11.8. The van der Waals surface area contributed by atoms with E-state index < -0.39 is 0 Å². The molecule has 0 radical (unpaired) electrons. The van der Waals surface area contributed by atoms with Gasteiger partial charge in [0.1, 0.15) is 0 Å². The molecule has 0 aromatic carbocycles. The van der Waals surface area contributed by atoms with Crippen LogP contribution in [0.2, 0.25) is 0 Å². The molecule has 2 saturated heterocycles. The van der Waals surface area contributed by atoms with Crippen LogP contribution in [0, 0.1) is 5.92 Å². The second-order valence-electron chi connectivity index (χ2n) is 4.56. The lowest BCUT2D eigenvalue weighted by molar-refractivity contribution is -0.138. The molecule has 2 aliphatic heterocycles. The summed E-state index contributed by atoms with van der Waals surface area (Å²) in [6.45, 7) is 3.30. The van der Waals surface area contributed by atoms with E-state index in [2.05, 4.69) is 5.32 Å². The molecule has 0 aromatic heterocycles. The summed E-state index contributed by atoms with van der Waals surface area (Å²) in [4.78, 5) is 13.7. The summed E-state index contributed by atoms with van der Waals surface area (Å²) < 4.78 is 5.62. The van der Waals surface area contributed by atoms with Crippen molar-refractivity contribution in [2.45, 2.75) is 25.4 Å². The van der Waals surface area contributed by atoms with Crippen molar-refractivity contribution in [1.29, 1.82) is 0 Å². The molecule has 4 nitrogen and oxygen atoms in total. The number of nitrogens with zero attached hydrogens (tertiary/aromatic N) is 1. The van der Waals surface area contributed by atoms with E-state index in [1.54, 1.807) is 0 Å². The van der Waals surface area contributed by atoms with E-state index in [1.165, 1.54) is 12.8 Å². The minimum Gasteiger partial charge on any atom is -0.376 e. The molecule has 0 bridgehead atoms. The number of nitrogens with one attached hydrogen (secondary N) is 1. The maximum absolute atomic E-state index is 11.8. The van der Waals surface area contributed by atoms with E-state index >= 15 is 0 Å². The molecule has 94 valence electrons. The SMILES string of the molecule is CN(CC1CCCCO1)C(=O)C1CNC1.Cl. The minimum absolute atomic E-state index is 0. The zero-order valence-corrected chi connectivity index (χ0v) is 10.6. The van der Waals surface area contributed by atoms with Crippen molar-refractivity contribution in [3.63, 3.8) is 0 Å². The Hall–Kier alpha value is -0.320. The van der Waals surface area contributed by atoms with E-state index in [-0.39, 0.29) is 30.3 Å². The number of hydrogen-bond donors (Lipinski definition) is 1. The summed E-state index contributed by atoms with van der Waals surface area (Å²) in [6.07, 6.45) is 3.76. The van der Waals surface area contributed by atoms with Crippen LogP contribution >= 0.6 is 12.4 Å². The summed E-state index contributed by atoms with van der Waals surface area (Å²) >= 11 is 0. The van der Waals surface area contributed by atoms with Crippen LogP contribution in [0.3, 0.4) is 0 Å². The van der Waals surface area contributed by atoms with Gasteiger partial charge in [0, 0.05) is 33.3 Å². The van der Waals surface area contributed by atoms with E-state index in [0.29, 0.717) is 0 Å². The Morgan fingerprint density at radius 1 is 1.44 bits per heavy atom. The molecule has 16 heavy (non-hydrogen) atoms. The van der Waals surface area contributed by atoms with E-state index in [1.807, 2.05) is 11.9 Å². The summed E-state index contributed by atoms with van der Waals surface area (Å²) in [7, 11) is 1.89. The van der Waals surface area contributed by atoms with Gasteiger partial charge in [0.15, 0.2) is 0 Å². The predicted molar refractivity (Wildman–Crippen MR) is 64.8 cm³/mol. The van der Waals surface area contributed by atoms with Gasteiger partial charge >= 0.3 is 0 Å². The van der Waals surface area contributed by atoms with Crippen molar-refractivity contribution in [3.05, 3.63) is 0 Å². The van der Waals surface area contributed by atoms with Crippen molar-refractivity contribution < 1.29 is 9.53 Å². The van der Waals surface area contributed by atoms with Crippen molar-refractivity contribution in [3.8, 4) is 0 Å². The number of carbonyl (C=O) groups excluding carboxylic acids is 1. The largest absolute Gasteiger partial charge is 0.376 e. The summed E-state index contributed by atoms with van der Waals surface area (Å²) in [5.41, 5.74) is 0. The number of ether oxygens (including phenoxy) is 1. The molecule has 1 amide bonds. The van der Waals surface area contributed by atoms with Gasteiger partial charge in [-0.15, -0.1) is 12.4 Å². The number of hydrogen-bond acceptors (Lipinski definition) is 3. The molecule has 2 heterocycles. The lowest BCUT2D eigenvalue weighted by Gasteiger charge is -2.33. The fourth-order valence-corrected chi connectivity index (χ4v) is 2.12. The monoisotopic (exact) mass is 248 g/mol. The molecule has 0 spiro atoms. The quantitative estimate of drug-likeness (QED) is 0.798. The summed E-state index contributed by atoms with van der Waals surface area (Å²) in [5.74, 6) is 0.474. The van der Waals surface area contributed by atoms with Gasteiger partial charge in [0.25, 0.3) is 0 Å². The van der Waals surface area contributed by atoms with Gasteiger partial charge in [-0.3, -0.25) is 4.79 Å². The Bertz CT molecular complexity index is 228. The number of carbonyl (C=O) groups is 1. The Kier molecular flexibility index (Phi) is 5.52. The molecular formula is C11H21ClN2O2. The fraction of sp³-hybridized carbons (Fsp3) is 0.909. The van der Waals surface area contributed by atoms with Crippen LogP contribution in [-0.2, 0) is 9.53 Å². The highest BCUT2D eigenvalue weighted by Gasteiger charge is 2.28. The number of halogens is 1. The second-order valence-corrected chi connectivity index (χ2v) is 4.56. The van der Waals surface area contributed by atoms with Crippen LogP contribution in [0.15, 0.2) is 0 Å². The van der Waals surface area contributed by atoms with E-state index in [0.717, 1.165) is 32.7 Å². The molecule has 1 unspecified atom stereocenters. The van der Waals surface area contributed by atoms with Crippen molar-refractivity contribution >= 4 is 18.3 Å². The second kappa shape index (κ2) is 6.42. The van der Waals surface area contributed by atoms with Crippen molar-refractivity contribution in [2.75, 3.05) is 33.3 Å². The average Bonchev–Trinajstić information content (AvgIpc) is 2.16. The van der Waals surface area contributed by atoms with E-state index in [9.17, 15) is 4.79 Å². The van der Waals surface area contributed by atoms with Gasteiger partial charge in [-0.2, -0.15) is 0 Å². The molecule has 2 fully saturated rings. The molecule has 1 atom stereocenters. The van der Waals surface area contributed by atoms with Gasteiger partial charge in [-0.05, 0) is 19.3 Å². The van der Waals surface area contributed by atoms with Crippen LogP contribution in [0.25, 0.3) is 0 Å². The first-order chi connectivity index (χ1) is 7.27. The third-order valence-corrected chi connectivity index (χ3v) is 3.26. The number of rotatable bonds is 3. The third kappa shape index (κ3) is 3.34. The van der Waals surface area contributed by atoms with Gasteiger partial charge in [-0.1, -0.05) is 0 Å². The molecule has 1 N–H and O–H groups in total. The summed E-state index contributed by atoms with van der Waals surface area (Å²) in [5, 5.41) is 3.12. The van der Waals surface area contributed by atoms with Crippen LogP contribution in [0.5, 0.6) is 0 Å². The number of amides is 1. The Labute approximate surface area is 103 Å². The smallest absolute Gasteiger partial charge is 0.228 e. The highest BCUT2D eigenvalue weighted by Crippen LogP contribution is 2.15. The zero-order valence-electron chi connectivity index (χ0n) is 9.78. The molecule has 2 aliphatic rings. The van der Waals surface area contributed by atoms with Crippen molar-refractivity contribution in [1.82, 2.24) is 10.2 Å². The fourth-order valence-electron chi connectivity index (χ4n) is 2.12. The Morgan fingerprint density at radius 3 is 2.69 bits per heavy atom. The summed E-state index contributed by atoms with van der Waals surface area (Å²) in [6, 6.07) is 0. The first kappa shape index (κ1) is 13.7. The van der Waals surface area contributed by atoms with Crippen LogP contribution in [0.1, 0.15) is 19.3 Å². The predicted octanol–water partition coefficient (Wildman–Crippen LogP) is 0.655. The highest BCUT2D eigenvalue weighted by atomic mass is 35.5. The van der Waals surface area contributed by atoms with Gasteiger partial charge in [0.2, 0.25) is 5.91 Å². The lowest BCUT2D eigenvalue weighted by atomic mass is 10.0. The molecule has 2 rings (SSSR count). The minimum atomic E-state index is 0. The lowest BCUT2D eigenvalue weighted by Crippen LogP contribution is -2.52. The Balaban J connectivity index is 0.00000128. The zero-order chi connectivity index (χ0) is 10.7. The molecule has 0 aliphatic carbocycles. The Morgan fingerprint density at radius 2 is 2.19 bits per heavy atom.